The van der Waals surface area contributed by atoms with Crippen LogP contribution in [0.2, 0.25) is 0 Å². The van der Waals surface area contributed by atoms with Crippen LogP contribution in [0.4, 0.5) is 10.2 Å². The summed E-state index contributed by atoms with van der Waals surface area (Å²) < 4.78 is 14.5. The Bertz CT molecular complexity index is 658. The van der Waals surface area contributed by atoms with Gasteiger partial charge in [-0.1, -0.05) is 20.8 Å². The fourth-order valence-corrected chi connectivity index (χ4v) is 3.07. The maximum atomic E-state index is 13.6. The molecule has 5 heteroatoms. The average Bonchev–Trinajstić information content (AvgIpc) is 2.36. The van der Waals surface area contributed by atoms with Crippen molar-refractivity contribution in [2.75, 3.05) is 12.4 Å². The molecule has 0 unspecified atom stereocenters. The van der Waals surface area contributed by atoms with E-state index in [2.05, 4.69) is 52.0 Å². The Labute approximate surface area is 133 Å². The van der Waals surface area contributed by atoms with Crippen molar-refractivity contribution in [1.82, 2.24) is 9.97 Å². The molecular weight excluding hydrogens is 333 g/mol. The monoisotopic (exact) mass is 351 g/mol. The Morgan fingerprint density at radius 3 is 2.33 bits per heavy atom. The molecule has 0 fully saturated rings. The van der Waals surface area contributed by atoms with Crippen LogP contribution in [0, 0.1) is 12.7 Å². The first-order valence-electron chi connectivity index (χ1n) is 6.75. The fourth-order valence-electron chi connectivity index (χ4n) is 2.10. The van der Waals surface area contributed by atoms with Gasteiger partial charge in [-0.15, -0.1) is 0 Å². The molecule has 0 aliphatic rings. The molecule has 112 valence electrons. The highest BCUT2D eigenvalue weighted by Gasteiger charge is 2.23. The summed E-state index contributed by atoms with van der Waals surface area (Å²) in [5.41, 5.74) is 2.27. The lowest BCUT2D eigenvalue weighted by molar-refractivity contribution is 0.564. The Kier molecular flexibility index (Phi) is 4.33. The molecule has 1 aromatic heterocycles. The second-order valence-electron chi connectivity index (χ2n) is 6.08. The van der Waals surface area contributed by atoms with E-state index in [1.165, 1.54) is 12.1 Å². The van der Waals surface area contributed by atoms with Crippen LogP contribution < -0.4 is 5.32 Å². The van der Waals surface area contributed by atoms with Gasteiger partial charge in [-0.05, 0) is 46.6 Å². The lowest BCUT2D eigenvalue weighted by Gasteiger charge is -2.21. The topological polar surface area (TPSA) is 37.8 Å². The molecule has 21 heavy (non-hydrogen) atoms. The molecule has 0 radical (unpaired) electrons. The summed E-state index contributed by atoms with van der Waals surface area (Å²) in [5.74, 6) is 0.946. The first kappa shape index (κ1) is 15.9. The second kappa shape index (κ2) is 5.72. The number of halogens is 2. The zero-order valence-electron chi connectivity index (χ0n) is 12.9. The maximum absolute atomic E-state index is 13.6. The van der Waals surface area contributed by atoms with Crippen LogP contribution in [0.15, 0.2) is 22.7 Å². The predicted octanol–water partition coefficient (Wildman–Crippen LogP) is 4.69. The molecule has 2 rings (SSSR count). The summed E-state index contributed by atoms with van der Waals surface area (Å²) in [6, 6.07) is 4.84. The molecule has 1 N–H and O–H groups in total. The Hall–Kier alpha value is -1.49. The van der Waals surface area contributed by atoms with Gasteiger partial charge in [-0.25, -0.2) is 14.4 Å². The van der Waals surface area contributed by atoms with E-state index in [4.69, 9.17) is 0 Å². The van der Waals surface area contributed by atoms with Gasteiger partial charge in [0.05, 0.1) is 10.2 Å². The molecule has 0 aliphatic heterocycles. The lowest BCUT2D eigenvalue weighted by atomic mass is 9.91. The van der Waals surface area contributed by atoms with Gasteiger partial charge in [-0.3, -0.25) is 0 Å². The van der Waals surface area contributed by atoms with Gasteiger partial charge in [-0.2, -0.15) is 0 Å². The summed E-state index contributed by atoms with van der Waals surface area (Å²) >= 11 is 3.55. The van der Waals surface area contributed by atoms with E-state index < -0.39 is 0 Å². The van der Waals surface area contributed by atoms with E-state index in [0.29, 0.717) is 17.2 Å². The van der Waals surface area contributed by atoms with Crippen molar-refractivity contribution in [3.8, 4) is 11.4 Å². The zero-order valence-corrected chi connectivity index (χ0v) is 14.5. The number of hydrogen-bond donors (Lipinski definition) is 1. The maximum Gasteiger partial charge on any atom is 0.161 e. The number of aromatic nitrogens is 2. The van der Waals surface area contributed by atoms with Crippen LogP contribution in [0.25, 0.3) is 11.4 Å². The minimum Gasteiger partial charge on any atom is -0.372 e. The van der Waals surface area contributed by atoms with Crippen molar-refractivity contribution in [2.45, 2.75) is 33.1 Å². The molecule has 1 aromatic carbocycles. The van der Waals surface area contributed by atoms with Crippen molar-refractivity contribution in [3.05, 3.63) is 39.7 Å². The number of hydrogen-bond acceptors (Lipinski definition) is 3. The number of nitrogens with one attached hydrogen (secondary N) is 1. The van der Waals surface area contributed by atoms with E-state index >= 15 is 0 Å². The van der Waals surface area contributed by atoms with E-state index in [-0.39, 0.29) is 11.2 Å². The highest BCUT2D eigenvalue weighted by molar-refractivity contribution is 9.10. The van der Waals surface area contributed by atoms with Crippen LogP contribution in [0.5, 0.6) is 0 Å². The van der Waals surface area contributed by atoms with Gasteiger partial charge in [0.15, 0.2) is 5.82 Å². The van der Waals surface area contributed by atoms with Gasteiger partial charge in [0.25, 0.3) is 0 Å². The van der Waals surface area contributed by atoms with Crippen molar-refractivity contribution < 1.29 is 4.39 Å². The first-order valence-corrected chi connectivity index (χ1v) is 7.55. The molecule has 0 bridgehead atoms. The molecule has 0 amide bonds. The predicted molar refractivity (Wildman–Crippen MR) is 88.1 cm³/mol. The number of anilines is 1. The van der Waals surface area contributed by atoms with Crippen LogP contribution in [0.3, 0.4) is 0 Å². The molecule has 0 atom stereocenters. The molecule has 0 saturated carbocycles. The molecule has 1 heterocycles. The SMILES string of the molecule is CNc1nc(-c2cc(C)cc(F)c2)nc(C(C)(C)C)c1Br. The van der Waals surface area contributed by atoms with Gasteiger partial charge in [0, 0.05) is 18.0 Å². The number of nitrogens with zero attached hydrogens (tertiary/aromatic N) is 2. The van der Waals surface area contributed by atoms with Crippen LogP contribution >= 0.6 is 15.9 Å². The Morgan fingerprint density at radius 2 is 1.81 bits per heavy atom. The highest BCUT2D eigenvalue weighted by Crippen LogP contribution is 2.34. The van der Waals surface area contributed by atoms with Crippen molar-refractivity contribution >= 4 is 21.7 Å². The number of benzene rings is 1. The number of rotatable bonds is 2. The van der Waals surface area contributed by atoms with Gasteiger partial charge in [0.1, 0.15) is 11.6 Å². The third kappa shape index (κ3) is 3.40. The Balaban J connectivity index is 2.69. The molecular formula is C16H19BrFN3. The summed E-state index contributed by atoms with van der Waals surface area (Å²) in [4.78, 5) is 9.12. The largest absolute Gasteiger partial charge is 0.372 e. The minimum atomic E-state index is -0.278. The molecule has 0 saturated heterocycles. The zero-order chi connectivity index (χ0) is 15.8. The Morgan fingerprint density at radius 1 is 1.14 bits per heavy atom. The molecule has 2 aromatic rings. The second-order valence-corrected chi connectivity index (χ2v) is 6.87. The van der Waals surface area contributed by atoms with E-state index in [1.54, 1.807) is 7.05 Å². The summed E-state index contributed by atoms with van der Waals surface area (Å²) in [6.07, 6.45) is 0. The molecule has 0 spiro atoms. The fraction of sp³-hybridized carbons (Fsp3) is 0.375. The van der Waals surface area contributed by atoms with Crippen molar-refractivity contribution in [1.29, 1.82) is 0 Å². The summed E-state index contributed by atoms with van der Waals surface area (Å²) in [6.45, 7) is 8.11. The normalized spacial score (nSPS) is 11.6. The first-order chi connectivity index (χ1) is 9.72. The van der Waals surface area contributed by atoms with Crippen LogP contribution in [-0.2, 0) is 5.41 Å². The molecule has 3 nitrogen and oxygen atoms in total. The quantitative estimate of drug-likeness (QED) is 0.852. The summed E-state index contributed by atoms with van der Waals surface area (Å²) in [7, 11) is 1.81. The van der Waals surface area contributed by atoms with Crippen molar-refractivity contribution in [2.24, 2.45) is 0 Å². The molecule has 0 aliphatic carbocycles. The standard InChI is InChI=1S/C16H19BrFN3/c1-9-6-10(8-11(18)7-9)14-20-13(16(2,3)4)12(17)15(19-5)21-14/h6-8H,1-5H3,(H,19,20,21). The minimum absolute atomic E-state index is 0.148. The van der Waals surface area contributed by atoms with E-state index in [9.17, 15) is 4.39 Å². The smallest absolute Gasteiger partial charge is 0.161 e. The summed E-state index contributed by atoms with van der Waals surface area (Å²) in [5, 5.41) is 3.06. The van der Waals surface area contributed by atoms with Gasteiger partial charge < -0.3 is 5.32 Å². The lowest BCUT2D eigenvalue weighted by Crippen LogP contribution is -2.17. The van der Waals surface area contributed by atoms with Gasteiger partial charge >= 0.3 is 0 Å². The van der Waals surface area contributed by atoms with Gasteiger partial charge in [0.2, 0.25) is 0 Å². The van der Waals surface area contributed by atoms with E-state index in [1.807, 2.05) is 13.0 Å². The van der Waals surface area contributed by atoms with Crippen molar-refractivity contribution in [3.63, 3.8) is 0 Å². The average molecular weight is 352 g/mol. The third-order valence-electron chi connectivity index (χ3n) is 3.10. The van der Waals surface area contributed by atoms with E-state index in [0.717, 1.165) is 15.7 Å². The highest BCUT2D eigenvalue weighted by atomic mass is 79.9. The van der Waals surface area contributed by atoms with Crippen LogP contribution in [-0.4, -0.2) is 17.0 Å². The number of aryl methyl sites for hydroxylation is 1. The third-order valence-corrected chi connectivity index (χ3v) is 3.85. The van der Waals surface area contributed by atoms with Crippen LogP contribution in [0.1, 0.15) is 32.0 Å².